The summed E-state index contributed by atoms with van der Waals surface area (Å²) in [7, 11) is 5.14. The van der Waals surface area contributed by atoms with Gasteiger partial charge in [0.25, 0.3) is 5.91 Å². The van der Waals surface area contributed by atoms with Gasteiger partial charge in [0.05, 0.1) is 24.8 Å². The molecule has 0 aromatic heterocycles. The van der Waals surface area contributed by atoms with E-state index in [9.17, 15) is 23.2 Å². The van der Waals surface area contributed by atoms with E-state index < -0.39 is 35.0 Å². The summed E-state index contributed by atoms with van der Waals surface area (Å²) in [5.41, 5.74) is 0.0953. The molecule has 28 heavy (non-hydrogen) atoms. The number of ether oxygens (including phenoxy) is 1. The highest BCUT2D eigenvalue weighted by Gasteiger charge is 2.42. The third kappa shape index (κ3) is 3.18. The molecule has 0 N–H and O–H groups in total. The maximum atomic E-state index is 14.2. The summed E-state index contributed by atoms with van der Waals surface area (Å²) in [6, 6.07) is 8.24. The van der Waals surface area contributed by atoms with Gasteiger partial charge in [0.2, 0.25) is 0 Å². The normalized spacial score (nSPS) is 16.9. The second-order valence-corrected chi connectivity index (χ2v) is 6.69. The molecule has 0 saturated carbocycles. The summed E-state index contributed by atoms with van der Waals surface area (Å²) < 4.78 is 46.6. The molecular weight excluding hydrogens is 371 g/mol. The second kappa shape index (κ2) is 7.52. The lowest BCUT2D eigenvalue weighted by atomic mass is 10.0. The van der Waals surface area contributed by atoms with E-state index in [-0.39, 0.29) is 18.2 Å². The Morgan fingerprint density at radius 1 is 1.21 bits per heavy atom. The molecule has 2 atom stereocenters. The zero-order valence-electron chi connectivity index (χ0n) is 15.5. The molecule has 5 nitrogen and oxygen atoms in total. The molecule has 2 unspecified atom stereocenters. The number of benzene rings is 2. The molecule has 0 aliphatic carbocycles. The average molecular weight is 389 g/mol. The first kappa shape index (κ1) is 19.7. The van der Waals surface area contributed by atoms with Crippen LogP contribution in [0.1, 0.15) is 33.6 Å². The zero-order chi connectivity index (χ0) is 20.6. The van der Waals surface area contributed by atoms with Gasteiger partial charge in [-0.05, 0) is 37.9 Å². The van der Waals surface area contributed by atoms with Crippen LogP contribution in [0.5, 0.6) is 5.75 Å². The predicted octanol–water partition coefficient (Wildman–Crippen LogP) is 3.44. The van der Waals surface area contributed by atoms with Gasteiger partial charge >= 0.3 is 0 Å². The maximum absolute atomic E-state index is 14.2. The van der Waals surface area contributed by atoms with Crippen LogP contribution >= 0.6 is 0 Å². The lowest BCUT2D eigenvalue weighted by Crippen LogP contribution is -2.37. The lowest BCUT2D eigenvalue weighted by Gasteiger charge is -2.31. The van der Waals surface area contributed by atoms with E-state index >= 15 is 0 Å². The largest absolute Gasteiger partial charge is 0.497 e. The Bertz CT molecular complexity index is 955. The monoisotopic (exact) mass is 389 g/mol. The summed E-state index contributed by atoms with van der Waals surface area (Å²) in [4.78, 5) is 15.7. The second-order valence-electron chi connectivity index (χ2n) is 6.69. The van der Waals surface area contributed by atoms with Crippen LogP contribution in [0.25, 0.3) is 0 Å². The molecule has 1 heterocycles. The molecule has 1 aliphatic rings. The van der Waals surface area contributed by atoms with Crippen molar-refractivity contribution in [3.63, 3.8) is 0 Å². The number of halogens is 3. The lowest BCUT2D eigenvalue weighted by molar-refractivity contribution is 0.0702. The van der Waals surface area contributed by atoms with Crippen LogP contribution in [0.15, 0.2) is 30.3 Å². The van der Waals surface area contributed by atoms with Crippen molar-refractivity contribution in [2.75, 3.05) is 27.7 Å². The van der Waals surface area contributed by atoms with Crippen LogP contribution < -0.4 is 4.74 Å². The SMILES string of the molecule is COc1ccc(C(CN2C(=O)c3c(cc(F)c(F)c3F)C2C#N)N(C)C)cc1. The molecule has 1 aliphatic heterocycles. The molecule has 0 spiro atoms. The first-order valence-electron chi connectivity index (χ1n) is 8.48. The van der Waals surface area contributed by atoms with Crippen molar-refractivity contribution in [3.05, 3.63) is 64.5 Å². The van der Waals surface area contributed by atoms with Gasteiger partial charge in [0.1, 0.15) is 11.8 Å². The molecule has 146 valence electrons. The summed E-state index contributed by atoms with van der Waals surface area (Å²) >= 11 is 0. The molecule has 2 aromatic rings. The van der Waals surface area contributed by atoms with Gasteiger partial charge in [0.15, 0.2) is 17.5 Å². The van der Waals surface area contributed by atoms with Gasteiger partial charge in [-0.15, -0.1) is 0 Å². The smallest absolute Gasteiger partial charge is 0.258 e. The van der Waals surface area contributed by atoms with Gasteiger partial charge in [-0.3, -0.25) is 4.79 Å². The number of hydrogen-bond acceptors (Lipinski definition) is 4. The van der Waals surface area contributed by atoms with E-state index in [0.717, 1.165) is 16.5 Å². The Kier molecular flexibility index (Phi) is 5.29. The molecule has 2 aromatic carbocycles. The van der Waals surface area contributed by atoms with Gasteiger partial charge in [-0.25, -0.2) is 13.2 Å². The molecule has 0 saturated heterocycles. The van der Waals surface area contributed by atoms with Crippen LogP contribution in [0.3, 0.4) is 0 Å². The van der Waals surface area contributed by atoms with Crippen molar-refractivity contribution in [2.24, 2.45) is 0 Å². The number of nitriles is 1. The van der Waals surface area contributed by atoms with Gasteiger partial charge in [-0.1, -0.05) is 12.1 Å². The standard InChI is InChI=1S/C20H18F3N3O2/c1-25(2)16(11-4-6-12(28-3)7-5-11)10-26-15(9-24)13-8-14(21)18(22)19(23)17(13)20(26)27/h4-8,15-16H,10H2,1-3H3. The molecule has 3 rings (SSSR count). The number of amides is 1. The minimum atomic E-state index is -1.72. The fraction of sp³-hybridized carbons (Fsp3) is 0.300. The van der Waals surface area contributed by atoms with E-state index in [1.165, 1.54) is 0 Å². The average Bonchev–Trinajstić information content (AvgIpc) is 2.94. The van der Waals surface area contributed by atoms with Crippen molar-refractivity contribution in [1.29, 1.82) is 5.26 Å². The number of carbonyl (C=O) groups is 1. The Morgan fingerprint density at radius 3 is 2.39 bits per heavy atom. The Labute approximate surface area is 160 Å². The highest BCUT2D eigenvalue weighted by molar-refractivity contribution is 6.00. The number of nitrogens with zero attached hydrogens (tertiary/aromatic N) is 3. The van der Waals surface area contributed by atoms with Crippen LogP contribution in [0, 0.1) is 28.8 Å². The highest BCUT2D eigenvalue weighted by atomic mass is 19.2. The Morgan fingerprint density at radius 2 is 1.86 bits per heavy atom. The fourth-order valence-electron chi connectivity index (χ4n) is 3.38. The van der Waals surface area contributed by atoms with Crippen molar-refractivity contribution in [2.45, 2.75) is 12.1 Å². The third-order valence-corrected chi connectivity index (χ3v) is 4.89. The Hall–Kier alpha value is -3.05. The molecule has 8 heteroatoms. The minimum absolute atomic E-state index is 0.0355. The number of methoxy groups -OCH3 is 1. The molecule has 0 radical (unpaired) electrons. The minimum Gasteiger partial charge on any atom is -0.497 e. The zero-order valence-corrected chi connectivity index (χ0v) is 15.5. The van der Waals surface area contributed by atoms with E-state index in [2.05, 4.69) is 0 Å². The predicted molar refractivity (Wildman–Crippen MR) is 95.1 cm³/mol. The number of carbonyl (C=O) groups excluding carboxylic acids is 1. The molecule has 0 fully saturated rings. The summed E-state index contributed by atoms with van der Waals surface area (Å²) in [5.74, 6) is -4.88. The van der Waals surface area contributed by atoms with Crippen LogP contribution in [-0.2, 0) is 0 Å². The highest BCUT2D eigenvalue weighted by Crippen LogP contribution is 2.38. The number of rotatable bonds is 5. The van der Waals surface area contributed by atoms with E-state index in [1.54, 1.807) is 33.3 Å². The van der Waals surface area contributed by atoms with Crippen LogP contribution in [0.4, 0.5) is 13.2 Å². The quantitative estimate of drug-likeness (QED) is 0.736. The maximum Gasteiger partial charge on any atom is 0.258 e. The Balaban J connectivity index is 1.98. The van der Waals surface area contributed by atoms with E-state index in [1.807, 2.05) is 23.1 Å². The number of fused-ring (bicyclic) bond motifs is 1. The molecule has 1 amide bonds. The van der Waals surface area contributed by atoms with Crippen molar-refractivity contribution < 1.29 is 22.7 Å². The van der Waals surface area contributed by atoms with Gasteiger partial charge < -0.3 is 14.5 Å². The van der Waals surface area contributed by atoms with Gasteiger partial charge in [0, 0.05) is 12.1 Å². The number of likely N-dealkylation sites (N-methyl/N-ethyl adjacent to an activating group) is 1. The number of hydrogen-bond donors (Lipinski definition) is 0. The van der Waals surface area contributed by atoms with Crippen LogP contribution in [0.2, 0.25) is 0 Å². The summed E-state index contributed by atoms with van der Waals surface area (Å²) in [6.07, 6.45) is 0. The summed E-state index contributed by atoms with van der Waals surface area (Å²) in [6.45, 7) is 0.0355. The third-order valence-electron chi connectivity index (χ3n) is 4.89. The summed E-state index contributed by atoms with van der Waals surface area (Å²) in [5, 5.41) is 9.53. The first-order valence-corrected chi connectivity index (χ1v) is 8.48. The van der Waals surface area contributed by atoms with Crippen molar-refractivity contribution in [3.8, 4) is 11.8 Å². The fourth-order valence-corrected chi connectivity index (χ4v) is 3.38. The van der Waals surface area contributed by atoms with Crippen molar-refractivity contribution >= 4 is 5.91 Å². The topological polar surface area (TPSA) is 56.6 Å². The van der Waals surface area contributed by atoms with Crippen LogP contribution in [-0.4, -0.2) is 43.5 Å². The van der Waals surface area contributed by atoms with E-state index in [4.69, 9.17) is 4.74 Å². The van der Waals surface area contributed by atoms with Crippen molar-refractivity contribution in [1.82, 2.24) is 9.80 Å². The first-order chi connectivity index (χ1) is 13.3. The molecular formula is C20H18F3N3O2. The van der Waals surface area contributed by atoms with E-state index in [0.29, 0.717) is 5.75 Å². The van der Waals surface area contributed by atoms with Gasteiger partial charge in [-0.2, -0.15) is 5.26 Å². The molecule has 0 bridgehead atoms.